The van der Waals surface area contributed by atoms with Crippen LogP contribution in [0.15, 0.2) is 60.7 Å². The lowest BCUT2D eigenvalue weighted by atomic mass is 10.2. The first-order valence-corrected chi connectivity index (χ1v) is 5.18. The van der Waals surface area contributed by atoms with Gasteiger partial charge in [0.1, 0.15) is 0 Å². The predicted molar refractivity (Wildman–Crippen MR) is 77.6 cm³/mol. The zero-order valence-corrected chi connectivity index (χ0v) is 11.0. The minimum atomic E-state index is -0.879. The minimum Gasteiger partial charge on any atom is -0.478 e. The molecule has 0 aliphatic heterocycles. The summed E-state index contributed by atoms with van der Waals surface area (Å²) in [4.78, 5) is 20.4. The van der Waals surface area contributed by atoms with Crippen LogP contribution in [0.5, 0.6) is 0 Å². The van der Waals surface area contributed by atoms with Crippen molar-refractivity contribution in [3.63, 3.8) is 0 Å². The van der Waals surface area contributed by atoms with E-state index in [9.17, 15) is 9.59 Å². The van der Waals surface area contributed by atoms with Gasteiger partial charge in [-0.25, -0.2) is 9.59 Å². The number of hydrogen-bond acceptors (Lipinski definition) is 2. The van der Waals surface area contributed by atoms with Crippen molar-refractivity contribution in [2.75, 3.05) is 0 Å². The molecule has 8 N–H and O–H groups in total. The van der Waals surface area contributed by atoms with Crippen LogP contribution in [0.1, 0.15) is 20.7 Å². The van der Waals surface area contributed by atoms with Gasteiger partial charge in [0, 0.05) is 0 Å². The Kier molecular flexibility index (Phi) is 13.7. The molecule has 0 aromatic heterocycles. The number of carboxylic acid groups (broad SMARTS) is 2. The molecule has 0 aliphatic carbocycles. The molecule has 0 saturated heterocycles. The van der Waals surface area contributed by atoms with E-state index < -0.39 is 11.9 Å². The standard InChI is InChI=1S/2C7H6O2.3H2O/c2*8-7(9)6-4-2-1-3-5-6;;;/h2*1-5H,(H,8,9);3*1H2. The predicted octanol–water partition coefficient (Wildman–Crippen LogP) is 0.296. The number of rotatable bonds is 2. The average molecular weight is 298 g/mol. The molecule has 0 radical (unpaired) electrons. The van der Waals surface area contributed by atoms with Gasteiger partial charge in [-0.3, -0.25) is 0 Å². The molecular weight excluding hydrogens is 280 g/mol. The van der Waals surface area contributed by atoms with E-state index >= 15 is 0 Å². The van der Waals surface area contributed by atoms with E-state index in [-0.39, 0.29) is 16.4 Å². The fourth-order valence-corrected chi connectivity index (χ4v) is 1.16. The molecule has 0 heterocycles. The van der Waals surface area contributed by atoms with Gasteiger partial charge in [0.05, 0.1) is 11.1 Å². The molecular formula is C14H18O7. The third-order valence-corrected chi connectivity index (χ3v) is 2.04. The maximum absolute atomic E-state index is 10.2. The van der Waals surface area contributed by atoms with Gasteiger partial charge < -0.3 is 26.6 Å². The Morgan fingerprint density at radius 2 is 0.810 bits per heavy atom. The van der Waals surface area contributed by atoms with E-state index in [1.807, 2.05) is 0 Å². The maximum atomic E-state index is 10.2. The topological polar surface area (TPSA) is 169 Å². The third kappa shape index (κ3) is 8.89. The molecule has 7 nitrogen and oxygen atoms in total. The Labute approximate surface area is 121 Å². The van der Waals surface area contributed by atoms with Crippen molar-refractivity contribution in [2.45, 2.75) is 0 Å². The first-order chi connectivity index (χ1) is 8.61. The van der Waals surface area contributed by atoms with Crippen LogP contribution in [-0.4, -0.2) is 38.6 Å². The van der Waals surface area contributed by atoms with Crippen molar-refractivity contribution >= 4 is 11.9 Å². The maximum Gasteiger partial charge on any atom is 0.335 e. The largest absolute Gasteiger partial charge is 0.478 e. The van der Waals surface area contributed by atoms with Crippen LogP contribution in [0.3, 0.4) is 0 Å². The molecule has 2 aromatic rings. The van der Waals surface area contributed by atoms with Gasteiger partial charge in [0.2, 0.25) is 0 Å². The molecule has 0 fully saturated rings. The molecule has 21 heavy (non-hydrogen) atoms. The first-order valence-electron chi connectivity index (χ1n) is 5.18. The molecule has 0 saturated carbocycles. The minimum absolute atomic E-state index is 0. The Balaban J connectivity index is -0.000000270. The van der Waals surface area contributed by atoms with E-state index in [2.05, 4.69) is 0 Å². The van der Waals surface area contributed by atoms with Crippen LogP contribution in [0.4, 0.5) is 0 Å². The summed E-state index contributed by atoms with van der Waals surface area (Å²) in [6, 6.07) is 16.6. The van der Waals surface area contributed by atoms with E-state index in [0.29, 0.717) is 11.1 Å². The smallest absolute Gasteiger partial charge is 0.335 e. The Morgan fingerprint density at radius 3 is 0.952 bits per heavy atom. The quantitative estimate of drug-likeness (QED) is 0.812. The summed E-state index contributed by atoms with van der Waals surface area (Å²) in [5, 5.41) is 16.8. The molecule has 0 atom stereocenters. The highest BCUT2D eigenvalue weighted by Crippen LogP contribution is 1.96. The van der Waals surface area contributed by atoms with Crippen molar-refractivity contribution in [1.29, 1.82) is 0 Å². The van der Waals surface area contributed by atoms with Gasteiger partial charge in [-0.2, -0.15) is 0 Å². The van der Waals surface area contributed by atoms with Crippen molar-refractivity contribution in [2.24, 2.45) is 0 Å². The van der Waals surface area contributed by atoms with Crippen LogP contribution in [0.2, 0.25) is 0 Å². The lowest BCUT2D eigenvalue weighted by molar-refractivity contribution is 0.0686. The van der Waals surface area contributed by atoms with Gasteiger partial charge in [-0.05, 0) is 24.3 Å². The average Bonchev–Trinajstić information content (AvgIpc) is 2.41. The molecule has 7 heteroatoms. The highest BCUT2D eigenvalue weighted by Gasteiger charge is 1.97. The second kappa shape index (κ2) is 12.3. The van der Waals surface area contributed by atoms with E-state index in [1.165, 1.54) is 0 Å². The Bertz CT molecular complexity index is 462. The molecule has 2 rings (SSSR count). The summed E-state index contributed by atoms with van der Waals surface area (Å²) in [6.07, 6.45) is 0. The summed E-state index contributed by atoms with van der Waals surface area (Å²) in [6.45, 7) is 0. The summed E-state index contributed by atoms with van der Waals surface area (Å²) in [5.74, 6) is -1.76. The molecule has 0 spiro atoms. The summed E-state index contributed by atoms with van der Waals surface area (Å²) in [7, 11) is 0. The van der Waals surface area contributed by atoms with E-state index in [4.69, 9.17) is 10.2 Å². The molecule has 0 amide bonds. The van der Waals surface area contributed by atoms with Crippen molar-refractivity contribution in [3.8, 4) is 0 Å². The van der Waals surface area contributed by atoms with Gasteiger partial charge in [0.15, 0.2) is 0 Å². The fraction of sp³-hybridized carbons (Fsp3) is 0. The van der Waals surface area contributed by atoms with E-state index in [0.717, 1.165) is 0 Å². The Hall–Kier alpha value is -2.74. The van der Waals surface area contributed by atoms with Crippen LogP contribution in [0.25, 0.3) is 0 Å². The molecule has 116 valence electrons. The van der Waals surface area contributed by atoms with Crippen LogP contribution >= 0.6 is 0 Å². The summed E-state index contributed by atoms with van der Waals surface area (Å²) >= 11 is 0. The second-order valence-corrected chi connectivity index (χ2v) is 3.34. The number of carbonyl (C=O) groups is 2. The third-order valence-electron chi connectivity index (χ3n) is 2.04. The van der Waals surface area contributed by atoms with Gasteiger partial charge in [0.25, 0.3) is 0 Å². The van der Waals surface area contributed by atoms with Gasteiger partial charge in [-0.15, -0.1) is 0 Å². The highest BCUT2D eigenvalue weighted by molar-refractivity contribution is 5.87. The second-order valence-electron chi connectivity index (χ2n) is 3.34. The first kappa shape index (κ1) is 23.4. The van der Waals surface area contributed by atoms with Gasteiger partial charge >= 0.3 is 11.9 Å². The lowest BCUT2D eigenvalue weighted by Gasteiger charge is -1.88. The SMILES string of the molecule is O.O.O.O=C(O)c1ccccc1.O=C(O)c1ccccc1. The van der Waals surface area contributed by atoms with Crippen LogP contribution in [-0.2, 0) is 0 Å². The highest BCUT2D eigenvalue weighted by atomic mass is 16.4. The normalized spacial score (nSPS) is 7.62. The molecule has 2 aromatic carbocycles. The van der Waals surface area contributed by atoms with E-state index in [1.54, 1.807) is 60.7 Å². The zero-order valence-electron chi connectivity index (χ0n) is 11.0. The monoisotopic (exact) mass is 298 g/mol. The fourth-order valence-electron chi connectivity index (χ4n) is 1.16. The van der Waals surface area contributed by atoms with Crippen LogP contribution in [0, 0.1) is 0 Å². The molecule has 0 aliphatic rings. The van der Waals surface area contributed by atoms with Crippen molar-refractivity contribution < 1.29 is 36.2 Å². The van der Waals surface area contributed by atoms with Crippen LogP contribution < -0.4 is 0 Å². The number of aromatic carboxylic acids is 2. The number of benzene rings is 2. The summed E-state index contributed by atoms with van der Waals surface area (Å²) < 4.78 is 0. The van der Waals surface area contributed by atoms with Crippen molar-refractivity contribution in [3.05, 3.63) is 71.8 Å². The number of carboxylic acids is 2. The Morgan fingerprint density at radius 1 is 0.571 bits per heavy atom. The number of hydrogen-bond donors (Lipinski definition) is 2. The molecule has 0 unspecified atom stereocenters. The zero-order chi connectivity index (χ0) is 13.4. The molecule has 0 bridgehead atoms. The lowest BCUT2D eigenvalue weighted by Crippen LogP contribution is -1.93. The summed E-state index contributed by atoms with van der Waals surface area (Å²) in [5.41, 5.74) is 0.662. The van der Waals surface area contributed by atoms with Gasteiger partial charge in [-0.1, -0.05) is 36.4 Å². The van der Waals surface area contributed by atoms with Crippen molar-refractivity contribution in [1.82, 2.24) is 0 Å².